The van der Waals surface area contributed by atoms with Gasteiger partial charge in [0.25, 0.3) is 5.91 Å². The molecule has 1 aliphatic rings. The van der Waals surface area contributed by atoms with Crippen LogP contribution in [0.25, 0.3) is 0 Å². The van der Waals surface area contributed by atoms with E-state index in [0.29, 0.717) is 22.6 Å². The highest BCUT2D eigenvalue weighted by Crippen LogP contribution is 2.22. The van der Waals surface area contributed by atoms with Crippen LogP contribution in [0.2, 0.25) is 5.02 Å². The molecule has 1 aliphatic heterocycles. The summed E-state index contributed by atoms with van der Waals surface area (Å²) in [5, 5.41) is 0.604. The number of halogens is 2. The number of hydrogen-bond acceptors (Lipinski definition) is 2. The first-order valence-corrected chi connectivity index (χ1v) is 8.28. The molecule has 1 aromatic rings. The fraction of sp³-hybridized carbons (Fsp3) is 0.562. The van der Waals surface area contributed by atoms with Crippen LogP contribution in [0.15, 0.2) is 24.3 Å². The van der Waals surface area contributed by atoms with Gasteiger partial charge in [0.15, 0.2) is 6.10 Å². The summed E-state index contributed by atoms with van der Waals surface area (Å²) in [6, 6.07) is 7.12. The van der Waals surface area contributed by atoms with Crippen LogP contribution in [0, 0.1) is 5.92 Å². The Morgan fingerprint density at radius 1 is 1.52 bits per heavy atom. The van der Waals surface area contributed by atoms with Crippen LogP contribution >= 0.6 is 23.2 Å². The van der Waals surface area contributed by atoms with Crippen LogP contribution in [0.1, 0.15) is 26.2 Å². The quantitative estimate of drug-likeness (QED) is 0.765. The lowest BCUT2D eigenvalue weighted by molar-refractivity contribution is -0.139. The molecule has 5 heteroatoms. The van der Waals surface area contributed by atoms with E-state index in [9.17, 15) is 4.79 Å². The zero-order chi connectivity index (χ0) is 15.2. The maximum Gasteiger partial charge on any atom is 0.263 e. The number of amides is 1. The Morgan fingerprint density at radius 2 is 2.33 bits per heavy atom. The average Bonchev–Trinajstić information content (AvgIpc) is 2.47. The molecule has 0 aliphatic carbocycles. The number of nitrogens with zero attached hydrogens (tertiary/aromatic N) is 1. The first-order chi connectivity index (χ1) is 10.1. The van der Waals surface area contributed by atoms with Crippen molar-refractivity contribution in [2.75, 3.05) is 19.0 Å². The van der Waals surface area contributed by atoms with Gasteiger partial charge in [0.05, 0.1) is 0 Å². The highest BCUT2D eigenvalue weighted by atomic mass is 35.5. The lowest BCUT2D eigenvalue weighted by Gasteiger charge is -2.34. The van der Waals surface area contributed by atoms with Crippen molar-refractivity contribution in [3.63, 3.8) is 0 Å². The molecule has 2 unspecified atom stereocenters. The van der Waals surface area contributed by atoms with E-state index in [1.165, 1.54) is 0 Å². The Hall–Kier alpha value is -0.930. The van der Waals surface area contributed by atoms with Crippen molar-refractivity contribution in [3.8, 4) is 5.75 Å². The minimum absolute atomic E-state index is 0.0363. The van der Waals surface area contributed by atoms with E-state index in [2.05, 4.69) is 0 Å². The van der Waals surface area contributed by atoms with E-state index < -0.39 is 6.10 Å². The third-order valence-corrected chi connectivity index (χ3v) is 4.26. The highest BCUT2D eigenvalue weighted by molar-refractivity contribution is 6.30. The topological polar surface area (TPSA) is 29.5 Å². The molecule has 1 aromatic carbocycles. The molecule has 1 saturated heterocycles. The van der Waals surface area contributed by atoms with E-state index in [1.54, 1.807) is 19.1 Å². The third-order valence-electron chi connectivity index (χ3n) is 3.80. The second-order valence-electron chi connectivity index (χ2n) is 5.49. The standard InChI is InChI=1S/C16H21Cl2NO2/c1-12(21-15-6-2-5-14(18)10-15)16(20)19-9-3-4-13(11-19)7-8-17/h2,5-6,10,12-13H,3-4,7-9,11H2,1H3. The molecular weight excluding hydrogens is 309 g/mol. The molecule has 3 nitrogen and oxygen atoms in total. The van der Waals surface area contributed by atoms with Gasteiger partial charge in [0.1, 0.15) is 5.75 Å². The number of carbonyl (C=O) groups is 1. The minimum atomic E-state index is -0.502. The first kappa shape index (κ1) is 16.4. The largest absolute Gasteiger partial charge is 0.481 e. The van der Waals surface area contributed by atoms with Gasteiger partial charge in [-0.05, 0) is 50.3 Å². The Bertz CT molecular complexity index is 479. The molecule has 0 N–H and O–H groups in total. The number of piperidine rings is 1. The summed E-state index contributed by atoms with van der Waals surface area (Å²) in [4.78, 5) is 14.4. The molecule has 0 radical (unpaired) electrons. The van der Waals surface area contributed by atoms with Crippen LogP contribution in [0.4, 0.5) is 0 Å². The van der Waals surface area contributed by atoms with Gasteiger partial charge >= 0.3 is 0 Å². The molecule has 2 rings (SSSR count). The van der Waals surface area contributed by atoms with Gasteiger partial charge in [0.2, 0.25) is 0 Å². The zero-order valence-corrected chi connectivity index (χ0v) is 13.7. The number of carbonyl (C=O) groups excluding carboxylic acids is 1. The summed E-state index contributed by atoms with van der Waals surface area (Å²) in [7, 11) is 0. The lowest BCUT2D eigenvalue weighted by atomic mass is 9.95. The molecular formula is C16H21Cl2NO2. The summed E-state index contributed by atoms with van der Waals surface area (Å²) < 4.78 is 5.70. The summed E-state index contributed by atoms with van der Waals surface area (Å²) in [6.07, 6.45) is 2.66. The molecule has 0 saturated carbocycles. The van der Waals surface area contributed by atoms with E-state index in [4.69, 9.17) is 27.9 Å². The Kier molecular flexibility index (Phi) is 6.19. The predicted octanol–water partition coefficient (Wildman–Crippen LogP) is 3.97. The van der Waals surface area contributed by atoms with E-state index in [-0.39, 0.29) is 5.91 Å². The zero-order valence-electron chi connectivity index (χ0n) is 12.2. The van der Waals surface area contributed by atoms with Gasteiger partial charge in [-0.1, -0.05) is 17.7 Å². The van der Waals surface area contributed by atoms with Crippen LogP contribution < -0.4 is 4.74 Å². The summed E-state index contributed by atoms with van der Waals surface area (Å²) in [5.74, 6) is 1.83. The maximum atomic E-state index is 12.5. The van der Waals surface area contributed by atoms with E-state index in [0.717, 1.165) is 32.4 Å². The van der Waals surface area contributed by atoms with Crippen LogP contribution in [0.3, 0.4) is 0 Å². The molecule has 21 heavy (non-hydrogen) atoms. The monoisotopic (exact) mass is 329 g/mol. The SMILES string of the molecule is CC(Oc1cccc(Cl)c1)C(=O)N1CCCC(CCCl)C1. The second-order valence-corrected chi connectivity index (χ2v) is 6.30. The molecule has 2 atom stereocenters. The van der Waals surface area contributed by atoms with Crippen LogP contribution in [-0.4, -0.2) is 35.9 Å². The lowest BCUT2D eigenvalue weighted by Crippen LogP contribution is -2.45. The number of benzene rings is 1. The van der Waals surface area contributed by atoms with Crippen molar-refractivity contribution in [1.29, 1.82) is 0 Å². The van der Waals surface area contributed by atoms with Crippen molar-refractivity contribution in [2.24, 2.45) is 5.92 Å². The number of alkyl halides is 1. The van der Waals surface area contributed by atoms with E-state index in [1.807, 2.05) is 17.0 Å². The second kappa shape index (κ2) is 7.90. The molecule has 0 spiro atoms. The van der Waals surface area contributed by atoms with Crippen molar-refractivity contribution >= 4 is 29.1 Å². The summed E-state index contributed by atoms with van der Waals surface area (Å²) >= 11 is 11.7. The fourth-order valence-electron chi connectivity index (χ4n) is 2.71. The third kappa shape index (κ3) is 4.79. The Balaban J connectivity index is 1.92. The van der Waals surface area contributed by atoms with Crippen molar-refractivity contribution < 1.29 is 9.53 Å². The molecule has 1 fully saturated rings. The minimum Gasteiger partial charge on any atom is -0.481 e. The number of rotatable bonds is 5. The van der Waals surface area contributed by atoms with Crippen LogP contribution in [0.5, 0.6) is 5.75 Å². The van der Waals surface area contributed by atoms with Gasteiger partial charge in [0, 0.05) is 24.0 Å². The van der Waals surface area contributed by atoms with Gasteiger partial charge in [-0.25, -0.2) is 0 Å². The Labute approximate surface area is 136 Å². The van der Waals surface area contributed by atoms with Gasteiger partial charge in [-0.2, -0.15) is 0 Å². The predicted molar refractivity (Wildman–Crippen MR) is 86.2 cm³/mol. The maximum absolute atomic E-state index is 12.5. The molecule has 116 valence electrons. The van der Waals surface area contributed by atoms with Gasteiger partial charge in [-0.3, -0.25) is 4.79 Å². The van der Waals surface area contributed by atoms with Crippen molar-refractivity contribution in [3.05, 3.63) is 29.3 Å². The first-order valence-electron chi connectivity index (χ1n) is 7.37. The summed E-state index contributed by atoms with van der Waals surface area (Å²) in [5.41, 5.74) is 0. The van der Waals surface area contributed by atoms with Gasteiger partial charge < -0.3 is 9.64 Å². The summed E-state index contributed by atoms with van der Waals surface area (Å²) in [6.45, 7) is 3.38. The van der Waals surface area contributed by atoms with Crippen molar-refractivity contribution in [1.82, 2.24) is 4.90 Å². The fourth-order valence-corrected chi connectivity index (χ4v) is 3.20. The van der Waals surface area contributed by atoms with Crippen molar-refractivity contribution in [2.45, 2.75) is 32.3 Å². The number of ether oxygens (including phenoxy) is 1. The Morgan fingerprint density at radius 3 is 3.05 bits per heavy atom. The van der Waals surface area contributed by atoms with Crippen LogP contribution in [-0.2, 0) is 4.79 Å². The molecule has 0 bridgehead atoms. The molecule has 1 heterocycles. The van der Waals surface area contributed by atoms with E-state index >= 15 is 0 Å². The number of likely N-dealkylation sites (tertiary alicyclic amines) is 1. The highest BCUT2D eigenvalue weighted by Gasteiger charge is 2.27. The molecule has 0 aromatic heterocycles. The molecule has 1 amide bonds. The normalized spacial score (nSPS) is 20.1. The van der Waals surface area contributed by atoms with Gasteiger partial charge in [-0.15, -0.1) is 11.6 Å². The average molecular weight is 330 g/mol. The number of hydrogen-bond donors (Lipinski definition) is 0. The smallest absolute Gasteiger partial charge is 0.263 e.